The maximum atomic E-state index is 12.0. The van der Waals surface area contributed by atoms with Crippen molar-refractivity contribution < 1.29 is 24.5 Å². The molecule has 0 radical (unpaired) electrons. The zero-order valence-corrected chi connectivity index (χ0v) is 18.9. The van der Waals surface area contributed by atoms with Crippen LogP contribution in [0.5, 0.6) is 0 Å². The lowest BCUT2D eigenvalue weighted by Gasteiger charge is -2.61. The summed E-state index contributed by atoms with van der Waals surface area (Å²) in [5.41, 5.74) is 0.776. The number of ether oxygens (including phenoxy) is 1. The summed E-state index contributed by atoms with van der Waals surface area (Å²) in [6.07, 6.45) is 6.86. The average Bonchev–Trinajstić information content (AvgIpc) is 3.06. The van der Waals surface area contributed by atoms with E-state index in [1.54, 1.807) is 6.08 Å². The van der Waals surface area contributed by atoms with Gasteiger partial charge in [0.25, 0.3) is 0 Å². The third-order valence-electron chi connectivity index (χ3n) is 9.88. The molecule has 5 nitrogen and oxygen atoms in total. The van der Waals surface area contributed by atoms with Crippen LogP contribution in [0.3, 0.4) is 0 Å². The molecule has 168 valence electrons. The standard InChI is InChI=1S/C25H38O5/c1-14(5-8-22(29)30-4)17-6-7-18-23-19(13-21(28)25(17,18)3)24(2)10-9-16(26)11-15(24)12-20(23)27/h11,14,17-21,23,27-28H,5-10,12-13H2,1-4H3/t14-,17-,18+,19+,20?,21?,23+,24+,25-/m1/s1. The first kappa shape index (κ1) is 22.0. The third-order valence-corrected chi connectivity index (χ3v) is 9.88. The van der Waals surface area contributed by atoms with Crippen LogP contribution in [0.15, 0.2) is 11.6 Å². The number of ketones is 1. The molecule has 4 aliphatic carbocycles. The molecular weight excluding hydrogens is 380 g/mol. The minimum atomic E-state index is -0.443. The van der Waals surface area contributed by atoms with Crippen molar-refractivity contribution in [1.82, 2.24) is 0 Å². The number of esters is 1. The Morgan fingerprint density at radius 3 is 2.70 bits per heavy atom. The topological polar surface area (TPSA) is 83.8 Å². The average molecular weight is 419 g/mol. The smallest absolute Gasteiger partial charge is 0.305 e. The highest BCUT2D eigenvalue weighted by molar-refractivity contribution is 5.91. The predicted molar refractivity (Wildman–Crippen MR) is 113 cm³/mol. The molecule has 4 aliphatic rings. The van der Waals surface area contributed by atoms with Gasteiger partial charge in [0, 0.05) is 12.8 Å². The zero-order valence-electron chi connectivity index (χ0n) is 18.9. The van der Waals surface area contributed by atoms with E-state index in [2.05, 4.69) is 20.8 Å². The van der Waals surface area contributed by atoms with E-state index in [0.717, 1.165) is 31.3 Å². The van der Waals surface area contributed by atoms with Crippen LogP contribution in [-0.4, -0.2) is 41.3 Å². The summed E-state index contributed by atoms with van der Waals surface area (Å²) >= 11 is 0. The van der Waals surface area contributed by atoms with Gasteiger partial charge < -0.3 is 14.9 Å². The summed E-state index contributed by atoms with van der Waals surface area (Å²) in [6.45, 7) is 6.69. The van der Waals surface area contributed by atoms with E-state index in [4.69, 9.17) is 4.74 Å². The number of hydrogen-bond acceptors (Lipinski definition) is 5. The van der Waals surface area contributed by atoms with Crippen molar-refractivity contribution in [2.75, 3.05) is 7.11 Å². The van der Waals surface area contributed by atoms with Crippen molar-refractivity contribution >= 4 is 11.8 Å². The summed E-state index contributed by atoms with van der Waals surface area (Å²) in [4.78, 5) is 23.7. The van der Waals surface area contributed by atoms with Crippen LogP contribution < -0.4 is 0 Å². The third kappa shape index (κ3) is 3.19. The van der Waals surface area contributed by atoms with Crippen LogP contribution in [0.2, 0.25) is 0 Å². The number of rotatable bonds is 4. The van der Waals surface area contributed by atoms with E-state index in [9.17, 15) is 19.8 Å². The van der Waals surface area contributed by atoms with Gasteiger partial charge in [0.1, 0.15) is 0 Å². The first-order chi connectivity index (χ1) is 14.1. The number of methoxy groups -OCH3 is 1. The van der Waals surface area contributed by atoms with Gasteiger partial charge in [-0.2, -0.15) is 0 Å². The Hall–Kier alpha value is -1.20. The predicted octanol–water partition coefficient (Wildman–Crippen LogP) is 3.67. The van der Waals surface area contributed by atoms with E-state index < -0.39 is 12.2 Å². The molecule has 30 heavy (non-hydrogen) atoms. The second kappa shape index (κ2) is 7.74. The first-order valence-corrected chi connectivity index (χ1v) is 11.8. The van der Waals surface area contributed by atoms with Crippen molar-refractivity contribution in [2.45, 2.75) is 84.3 Å². The molecule has 5 heteroatoms. The number of aliphatic hydroxyl groups is 2. The van der Waals surface area contributed by atoms with Crippen LogP contribution in [0.25, 0.3) is 0 Å². The lowest BCUT2D eigenvalue weighted by Crippen LogP contribution is -2.60. The molecule has 0 aliphatic heterocycles. The molecule has 4 rings (SSSR count). The highest BCUT2D eigenvalue weighted by atomic mass is 16.5. The Morgan fingerprint density at radius 2 is 2.00 bits per heavy atom. The largest absolute Gasteiger partial charge is 0.469 e. The molecule has 9 atom stereocenters. The number of carbonyl (C=O) groups excluding carboxylic acids is 2. The second-order valence-corrected chi connectivity index (χ2v) is 11.0. The lowest BCUT2D eigenvalue weighted by atomic mass is 9.45. The van der Waals surface area contributed by atoms with Crippen LogP contribution in [0.4, 0.5) is 0 Å². The molecular formula is C25H38O5. The van der Waals surface area contributed by atoms with E-state index in [-0.39, 0.29) is 40.3 Å². The molecule has 2 unspecified atom stereocenters. The van der Waals surface area contributed by atoms with Crippen LogP contribution in [0.1, 0.15) is 72.1 Å². The molecule has 2 N–H and O–H groups in total. The Kier molecular flexibility index (Phi) is 5.68. The van der Waals surface area contributed by atoms with Crippen LogP contribution >= 0.6 is 0 Å². The SMILES string of the molecule is COC(=O)CC[C@@H](C)[C@H]1CC[C@H]2[C@@H]3C(O)CC4=CC(=O)CC[C@]4(C)[C@H]3CC(O)[C@]12C. The summed E-state index contributed by atoms with van der Waals surface area (Å²) in [6, 6.07) is 0. The molecule has 0 spiro atoms. The molecule has 0 bridgehead atoms. The minimum absolute atomic E-state index is 0.0886. The second-order valence-electron chi connectivity index (χ2n) is 11.0. The molecule has 0 aromatic rings. The lowest BCUT2D eigenvalue weighted by molar-refractivity contribution is -0.168. The van der Waals surface area contributed by atoms with E-state index in [1.165, 1.54) is 7.11 Å². The van der Waals surface area contributed by atoms with Crippen LogP contribution in [-0.2, 0) is 14.3 Å². The van der Waals surface area contributed by atoms with Crippen molar-refractivity contribution in [3.05, 3.63) is 11.6 Å². The van der Waals surface area contributed by atoms with E-state index >= 15 is 0 Å². The fourth-order valence-electron chi connectivity index (χ4n) is 8.11. The van der Waals surface area contributed by atoms with E-state index in [0.29, 0.717) is 37.5 Å². The highest BCUT2D eigenvalue weighted by Crippen LogP contribution is 2.67. The van der Waals surface area contributed by atoms with Gasteiger partial charge in [-0.05, 0) is 85.0 Å². The normalized spacial score (nSPS) is 46.3. The zero-order chi connectivity index (χ0) is 21.8. The summed E-state index contributed by atoms with van der Waals surface area (Å²) in [7, 11) is 1.43. The molecule has 0 aromatic carbocycles. The van der Waals surface area contributed by atoms with Crippen LogP contribution in [0, 0.1) is 40.4 Å². The maximum absolute atomic E-state index is 12.0. The fourth-order valence-corrected chi connectivity index (χ4v) is 8.11. The van der Waals surface area contributed by atoms with Gasteiger partial charge in [-0.3, -0.25) is 9.59 Å². The molecule has 0 amide bonds. The van der Waals surface area contributed by atoms with Crippen molar-refractivity contribution in [1.29, 1.82) is 0 Å². The molecule has 0 aromatic heterocycles. The van der Waals surface area contributed by atoms with Gasteiger partial charge in [0.15, 0.2) is 5.78 Å². The van der Waals surface area contributed by atoms with Crippen molar-refractivity contribution in [3.8, 4) is 0 Å². The minimum Gasteiger partial charge on any atom is -0.469 e. The first-order valence-electron chi connectivity index (χ1n) is 11.8. The number of aliphatic hydroxyl groups excluding tert-OH is 2. The maximum Gasteiger partial charge on any atom is 0.305 e. The quantitative estimate of drug-likeness (QED) is 0.681. The highest BCUT2D eigenvalue weighted by Gasteiger charge is 2.64. The number of fused-ring (bicyclic) bond motifs is 5. The molecule has 0 saturated heterocycles. The summed E-state index contributed by atoms with van der Waals surface area (Å²) < 4.78 is 4.82. The van der Waals surface area contributed by atoms with Gasteiger partial charge >= 0.3 is 5.97 Å². The fraction of sp³-hybridized carbons (Fsp3) is 0.840. The van der Waals surface area contributed by atoms with E-state index in [1.807, 2.05) is 0 Å². The number of carbonyl (C=O) groups is 2. The molecule has 0 heterocycles. The Bertz CT molecular complexity index is 744. The number of hydrogen-bond donors (Lipinski definition) is 2. The Balaban J connectivity index is 1.61. The Morgan fingerprint density at radius 1 is 1.27 bits per heavy atom. The van der Waals surface area contributed by atoms with Crippen molar-refractivity contribution in [3.63, 3.8) is 0 Å². The van der Waals surface area contributed by atoms with Gasteiger partial charge in [-0.1, -0.05) is 26.3 Å². The molecule has 3 fully saturated rings. The summed E-state index contributed by atoms with van der Waals surface area (Å²) in [5, 5.41) is 22.7. The Labute approximate surface area is 180 Å². The van der Waals surface area contributed by atoms with Gasteiger partial charge in [0.05, 0.1) is 19.3 Å². The van der Waals surface area contributed by atoms with Crippen molar-refractivity contribution in [2.24, 2.45) is 40.4 Å². The summed E-state index contributed by atoms with van der Waals surface area (Å²) in [5.74, 6) is 1.34. The molecule has 3 saturated carbocycles. The van der Waals surface area contributed by atoms with Gasteiger partial charge in [0.2, 0.25) is 0 Å². The van der Waals surface area contributed by atoms with Gasteiger partial charge in [-0.15, -0.1) is 0 Å². The monoisotopic (exact) mass is 418 g/mol. The van der Waals surface area contributed by atoms with Gasteiger partial charge in [-0.25, -0.2) is 0 Å².